The molecule has 1 spiro atoms. The molecule has 7 nitrogen and oxygen atoms in total. The molecule has 2 fully saturated rings. The van der Waals surface area contributed by atoms with Gasteiger partial charge >= 0.3 is 0 Å². The molecular weight excluding hydrogens is 444 g/mol. The van der Waals surface area contributed by atoms with E-state index in [4.69, 9.17) is 22.1 Å². The van der Waals surface area contributed by atoms with Crippen LogP contribution in [0.4, 0.5) is 5.82 Å². The van der Waals surface area contributed by atoms with Crippen molar-refractivity contribution in [2.24, 2.45) is 11.1 Å². The standard InChI is InChI=1S/C23H35ClN6OS/c1-17(24)19(6-5-10-29(4)13-9-26-3)32-21-15-27-20(14-28-21)30-11-7-23(8-12-30)16-31-18(2)22(23)25/h5-6,10,14-15,18,22,26H,1,7-9,11-13,16,25H2,2-4H3/b10-5-,19-6+/t18-,22+/m0/s1. The van der Waals surface area contributed by atoms with Crippen molar-refractivity contribution in [2.45, 2.75) is 36.9 Å². The molecule has 3 N–H and O–H groups in total. The summed E-state index contributed by atoms with van der Waals surface area (Å²) in [5, 5.41) is 4.40. The van der Waals surface area contributed by atoms with Crippen LogP contribution in [0, 0.1) is 5.41 Å². The van der Waals surface area contributed by atoms with Gasteiger partial charge in [0.25, 0.3) is 0 Å². The SMILES string of the molecule is C=C(Cl)/C(=C\C=C/N(C)CCNC)Sc1cnc(N2CCC3(CC2)CO[C@@H](C)[C@H]3N)cn1. The number of halogens is 1. The molecule has 1 aromatic rings. The first-order valence-electron chi connectivity index (χ1n) is 11.0. The Balaban J connectivity index is 1.57. The highest BCUT2D eigenvalue weighted by molar-refractivity contribution is 8.03. The van der Waals surface area contributed by atoms with E-state index >= 15 is 0 Å². The number of ether oxygens (including phenoxy) is 1. The molecule has 32 heavy (non-hydrogen) atoms. The molecule has 9 heteroatoms. The fourth-order valence-electron chi connectivity index (χ4n) is 4.11. The summed E-state index contributed by atoms with van der Waals surface area (Å²) in [6.45, 7) is 10.4. The smallest absolute Gasteiger partial charge is 0.147 e. The Morgan fingerprint density at radius 1 is 1.44 bits per heavy atom. The number of hydrogen-bond donors (Lipinski definition) is 2. The fourth-order valence-corrected chi connectivity index (χ4v) is 4.98. The number of allylic oxidation sites excluding steroid dienone is 3. The Morgan fingerprint density at radius 3 is 2.75 bits per heavy atom. The zero-order valence-corrected chi connectivity index (χ0v) is 20.8. The lowest BCUT2D eigenvalue weighted by molar-refractivity contribution is 0.0974. The van der Waals surface area contributed by atoms with Crippen LogP contribution >= 0.6 is 23.4 Å². The third kappa shape index (κ3) is 6.26. The van der Waals surface area contributed by atoms with E-state index in [2.05, 4.69) is 38.6 Å². The van der Waals surface area contributed by atoms with Crippen LogP contribution in [-0.2, 0) is 4.74 Å². The minimum atomic E-state index is 0.105. The third-order valence-electron chi connectivity index (χ3n) is 6.33. The average molecular weight is 479 g/mol. The first-order valence-corrected chi connectivity index (χ1v) is 12.2. The maximum atomic E-state index is 6.43. The van der Waals surface area contributed by atoms with E-state index in [1.807, 2.05) is 38.6 Å². The van der Waals surface area contributed by atoms with Gasteiger partial charge in [-0.2, -0.15) is 0 Å². The predicted molar refractivity (Wildman–Crippen MR) is 134 cm³/mol. The molecule has 0 amide bonds. The summed E-state index contributed by atoms with van der Waals surface area (Å²) in [5.41, 5.74) is 6.53. The van der Waals surface area contributed by atoms with Gasteiger partial charge in [0.05, 0.1) is 25.1 Å². The Labute approximate surface area is 201 Å². The minimum Gasteiger partial charge on any atom is -0.379 e. The zero-order valence-electron chi connectivity index (χ0n) is 19.3. The molecule has 0 aromatic carbocycles. The summed E-state index contributed by atoms with van der Waals surface area (Å²) < 4.78 is 5.82. The van der Waals surface area contributed by atoms with E-state index in [1.54, 1.807) is 6.20 Å². The number of anilines is 1. The van der Waals surface area contributed by atoms with Gasteiger partial charge in [0.1, 0.15) is 10.8 Å². The molecule has 3 heterocycles. The zero-order chi connectivity index (χ0) is 23.1. The first-order chi connectivity index (χ1) is 15.3. The lowest BCUT2D eigenvalue weighted by Gasteiger charge is -2.41. The number of rotatable bonds is 9. The van der Waals surface area contributed by atoms with E-state index in [1.165, 1.54) is 11.8 Å². The summed E-state index contributed by atoms with van der Waals surface area (Å²) >= 11 is 7.67. The van der Waals surface area contributed by atoms with Crippen LogP contribution < -0.4 is 16.0 Å². The van der Waals surface area contributed by atoms with Gasteiger partial charge in [0.2, 0.25) is 0 Å². The van der Waals surface area contributed by atoms with Gasteiger partial charge in [-0.3, -0.25) is 0 Å². The quantitative estimate of drug-likeness (QED) is 0.413. The summed E-state index contributed by atoms with van der Waals surface area (Å²) in [7, 11) is 3.98. The van der Waals surface area contributed by atoms with Gasteiger partial charge < -0.3 is 25.6 Å². The lowest BCUT2D eigenvalue weighted by Crippen LogP contribution is -2.50. The van der Waals surface area contributed by atoms with Gasteiger partial charge in [0.15, 0.2) is 0 Å². The Kier molecular flexibility index (Phi) is 9.02. The monoisotopic (exact) mass is 478 g/mol. The summed E-state index contributed by atoms with van der Waals surface area (Å²) in [5.74, 6) is 0.894. The van der Waals surface area contributed by atoms with Crippen molar-refractivity contribution in [1.82, 2.24) is 20.2 Å². The van der Waals surface area contributed by atoms with Crippen molar-refractivity contribution >= 4 is 29.2 Å². The first kappa shape index (κ1) is 25.1. The molecule has 0 unspecified atom stereocenters. The molecule has 2 atom stereocenters. The Morgan fingerprint density at radius 2 is 2.19 bits per heavy atom. The number of thioether (sulfide) groups is 1. The van der Waals surface area contributed by atoms with Crippen molar-refractivity contribution in [2.75, 3.05) is 51.8 Å². The normalized spacial score (nSPS) is 23.3. The Bertz CT molecular complexity index is 822. The second-order valence-electron chi connectivity index (χ2n) is 8.57. The van der Waals surface area contributed by atoms with Crippen molar-refractivity contribution < 1.29 is 4.74 Å². The van der Waals surface area contributed by atoms with E-state index in [0.29, 0.717) is 5.03 Å². The number of aromatic nitrogens is 2. The van der Waals surface area contributed by atoms with Gasteiger partial charge in [0, 0.05) is 54.6 Å². The highest BCUT2D eigenvalue weighted by Crippen LogP contribution is 2.41. The number of nitrogens with one attached hydrogen (secondary N) is 1. The van der Waals surface area contributed by atoms with Gasteiger partial charge in [-0.25, -0.2) is 9.97 Å². The topological polar surface area (TPSA) is 79.5 Å². The molecule has 3 rings (SSSR count). The van der Waals surface area contributed by atoms with Crippen molar-refractivity contribution in [3.8, 4) is 0 Å². The van der Waals surface area contributed by atoms with Gasteiger partial charge in [-0.1, -0.05) is 29.9 Å². The molecule has 0 aliphatic carbocycles. The summed E-state index contributed by atoms with van der Waals surface area (Å²) in [6.07, 6.45) is 11.7. The van der Waals surface area contributed by atoms with E-state index in [9.17, 15) is 0 Å². The van der Waals surface area contributed by atoms with E-state index in [-0.39, 0.29) is 17.6 Å². The molecule has 2 aliphatic rings. The molecule has 176 valence electrons. The molecule has 0 radical (unpaired) electrons. The molecule has 0 saturated carbocycles. The fraction of sp³-hybridized carbons (Fsp3) is 0.565. The largest absolute Gasteiger partial charge is 0.379 e. The number of nitrogens with zero attached hydrogens (tertiary/aromatic N) is 4. The number of piperidine rings is 1. The van der Waals surface area contributed by atoms with Crippen molar-refractivity contribution in [1.29, 1.82) is 0 Å². The van der Waals surface area contributed by atoms with Crippen LogP contribution in [0.15, 0.2) is 52.3 Å². The molecular formula is C23H35ClN6OS. The second kappa shape index (κ2) is 11.5. The maximum Gasteiger partial charge on any atom is 0.147 e. The van der Waals surface area contributed by atoms with Gasteiger partial charge in [-0.15, -0.1) is 0 Å². The Hall–Kier alpha value is -1.58. The van der Waals surface area contributed by atoms with Crippen LogP contribution in [0.3, 0.4) is 0 Å². The number of likely N-dealkylation sites (N-methyl/N-ethyl adjacent to an activating group) is 2. The van der Waals surface area contributed by atoms with Crippen LogP contribution in [0.5, 0.6) is 0 Å². The van der Waals surface area contributed by atoms with E-state index in [0.717, 1.165) is 61.4 Å². The highest BCUT2D eigenvalue weighted by Gasteiger charge is 2.47. The van der Waals surface area contributed by atoms with Crippen LogP contribution in [0.2, 0.25) is 0 Å². The summed E-state index contributed by atoms with van der Waals surface area (Å²) in [6, 6.07) is 0.112. The predicted octanol–water partition coefficient (Wildman–Crippen LogP) is 3.20. The highest BCUT2D eigenvalue weighted by atomic mass is 35.5. The average Bonchev–Trinajstić information content (AvgIpc) is 3.06. The van der Waals surface area contributed by atoms with Crippen molar-refractivity contribution in [3.63, 3.8) is 0 Å². The maximum absolute atomic E-state index is 6.43. The molecule has 2 aliphatic heterocycles. The minimum absolute atomic E-state index is 0.105. The third-order valence-corrected chi connectivity index (χ3v) is 7.67. The van der Waals surface area contributed by atoms with E-state index < -0.39 is 0 Å². The molecule has 1 aromatic heterocycles. The number of hydrogen-bond acceptors (Lipinski definition) is 8. The number of nitrogens with two attached hydrogens (primary N) is 1. The van der Waals surface area contributed by atoms with Gasteiger partial charge in [-0.05, 0) is 45.2 Å². The van der Waals surface area contributed by atoms with Crippen LogP contribution in [0.1, 0.15) is 19.8 Å². The summed E-state index contributed by atoms with van der Waals surface area (Å²) in [4.78, 5) is 14.5. The van der Waals surface area contributed by atoms with Crippen LogP contribution in [0.25, 0.3) is 0 Å². The second-order valence-corrected chi connectivity index (χ2v) is 10.1. The lowest BCUT2D eigenvalue weighted by atomic mass is 9.73. The molecule has 2 saturated heterocycles. The molecule has 0 bridgehead atoms. The van der Waals surface area contributed by atoms with Crippen LogP contribution in [-0.4, -0.2) is 73.9 Å². The van der Waals surface area contributed by atoms with Crippen molar-refractivity contribution in [3.05, 3.63) is 47.3 Å².